The number of hydrogen-bond donors (Lipinski definition) is 2. The van der Waals surface area contributed by atoms with Gasteiger partial charge in [0.05, 0.1) is 19.3 Å². The summed E-state index contributed by atoms with van der Waals surface area (Å²) in [4.78, 5) is 11.2. The average molecular weight is 258 g/mol. The third-order valence-electron chi connectivity index (χ3n) is 1.76. The van der Waals surface area contributed by atoms with Crippen LogP contribution in [-0.4, -0.2) is 51.6 Å². The van der Waals surface area contributed by atoms with Crippen molar-refractivity contribution >= 4 is 5.91 Å². The molecule has 0 aliphatic heterocycles. The van der Waals surface area contributed by atoms with Crippen LogP contribution in [0.5, 0.6) is 0 Å². The standard InChI is InChI=1S/C9H17F3N2O3/c1-16-5-7(4-13)14-8(15)2-3-17-6-9(10,11)12/h7H,2-6,13H2,1H3,(H,14,15). The maximum Gasteiger partial charge on any atom is 0.411 e. The van der Waals surface area contributed by atoms with Gasteiger partial charge in [-0.3, -0.25) is 4.79 Å². The summed E-state index contributed by atoms with van der Waals surface area (Å²) >= 11 is 0. The summed E-state index contributed by atoms with van der Waals surface area (Å²) in [5.74, 6) is -0.417. The molecule has 17 heavy (non-hydrogen) atoms. The van der Waals surface area contributed by atoms with Gasteiger partial charge >= 0.3 is 6.18 Å². The first kappa shape index (κ1) is 16.1. The van der Waals surface area contributed by atoms with Crippen molar-refractivity contribution < 1.29 is 27.4 Å². The molecule has 0 saturated heterocycles. The van der Waals surface area contributed by atoms with E-state index in [9.17, 15) is 18.0 Å². The first-order valence-electron chi connectivity index (χ1n) is 5.02. The summed E-state index contributed by atoms with van der Waals surface area (Å²) in [6.07, 6.45) is -4.51. The Hall–Kier alpha value is -0.860. The second-order valence-electron chi connectivity index (χ2n) is 3.37. The van der Waals surface area contributed by atoms with E-state index >= 15 is 0 Å². The zero-order valence-corrected chi connectivity index (χ0v) is 9.55. The van der Waals surface area contributed by atoms with Crippen LogP contribution in [0, 0.1) is 0 Å². The molecule has 5 nitrogen and oxygen atoms in total. The Bertz CT molecular complexity index is 224. The van der Waals surface area contributed by atoms with Gasteiger partial charge in [0.25, 0.3) is 0 Å². The maximum atomic E-state index is 11.7. The predicted octanol–water partition coefficient (Wildman–Crippen LogP) is 0.0453. The van der Waals surface area contributed by atoms with E-state index < -0.39 is 18.7 Å². The monoisotopic (exact) mass is 258 g/mol. The van der Waals surface area contributed by atoms with E-state index in [1.54, 1.807) is 0 Å². The zero-order chi connectivity index (χ0) is 13.3. The number of rotatable bonds is 8. The lowest BCUT2D eigenvalue weighted by Crippen LogP contribution is -2.43. The third kappa shape index (κ3) is 10.0. The zero-order valence-electron chi connectivity index (χ0n) is 9.55. The van der Waals surface area contributed by atoms with Crippen molar-refractivity contribution in [2.24, 2.45) is 5.73 Å². The molecule has 0 spiro atoms. The number of nitrogens with two attached hydrogens (primary N) is 1. The predicted molar refractivity (Wildman–Crippen MR) is 54.4 cm³/mol. The van der Waals surface area contributed by atoms with Crippen molar-refractivity contribution in [3.8, 4) is 0 Å². The number of alkyl halides is 3. The number of hydrogen-bond acceptors (Lipinski definition) is 4. The van der Waals surface area contributed by atoms with Crippen LogP contribution in [0.15, 0.2) is 0 Å². The Labute approximate surface area is 97.4 Å². The molecule has 0 bridgehead atoms. The van der Waals surface area contributed by atoms with Crippen LogP contribution in [0.2, 0.25) is 0 Å². The second-order valence-corrected chi connectivity index (χ2v) is 3.37. The van der Waals surface area contributed by atoms with Gasteiger partial charge in [-0.2, -0.15) is 13.2 Å². The highest BCUT2D eigenvalue weighted by Crippen LogP contribution is 2.14. The smallest absolute Gasteiger partial charge is 0.383 e. The van der Waals surface area contributed by atoms with Gasteiger partial charge in [-0.1, -0.05) is 0 Å². The van der Waals surface area contributed by atoms with E-state index in [-0.39, 0.29) is 32.2 Å². The van der Waals surface area contributed by atoms with E-state index in [2.05, 4.69) is 10.1 Å². The number of carbonyl (C=O) groups excluding carboxylic acids is 1. The fraction of sp³-hybridized carbons (Fsp3) is 0.889. The molecule has 1 atom stereocenters. The van der Waals surface area contributed by atoms with Crippen molar-refractivity contribution in [3.05, 3.63) is 0 Å². The number of ether oxygens (including phenoxy) is 2. The van der Waals surface area contributed by atoms with Gasteiger partial charge in [0.15, 0.2) is 0 Å². The minimum absolute atomic E-state index is 0.143. The van der Waals surface area contributed by atoms with Gasteiger partial charge < -0.3 is 20.5 Å². The first-order valence-corrected chi connectivity index (χ1v) is 5.02. The van der Waals surface area contributed by atoms with Crippen LogP contribution in [0.3, 0.4) is 0 Å². The van der Waals surface area contributed by atoms with E-state index in [1.165, 1.54) is 7.11 Å². The highest BCUT2D eigenvalue weighted by atomic mass is 19.4. The van der Waals surface area contributed by atoms with Crippen LogP contribution < -0.4 is 11.1 Å². The fourth-order valence-electron chi connectivity index (χ4n) is 1.02. The summed E-state index contributed by atoms with van der Waals surface area (Å²) in [6.45, 7) is -1.18. The molecule has 8 heteroatoms. The molecule has 1 unspecified atom stereocenters. The van der Waals surface area contributed by atoms with E-state index in [0.29, 0.717) is 0 Å². The fourth-order valence-corrected chi connectivity index (χ4v) is 1.02. The molecule has 0 aliphatic carbocycles. The molecule has 0 aromatic carbocycles. The van der Waals surface area contributed by atoms with Gasteiger partial charge in [0, 0.05) is 20.1 Å². The van der Waals surface area contributed by atoms with Crippen molar-refractivity contribution in [2.75, 3.05) is 33.5 Å². The molecule has 0 radical (unpaired) electrons. The molecule has 3 N–H and O–H groups in total. The molecular weight excluding hydrogens is 241 g/mol. The van der Waals surface area contributed by atoms with Gasteiger partial charge in [0.1, 0.15) is 6.61 Å². The van der Waals surface area contributed by atoms with Gasteiger partial charge in [0.2, 0.25) is 5.91 Å². The first-order chi connectivity index (χ1) is 7.89. The second kappa shape index (κ2) is 8.26. The molecule has 102 valence electrons. The number of carbonyl (C=O) groups is 1. The molecule has 0 aliphatic rings. The molecular formula is C9H17F3N2O3. The minimum atomic E-state index is -4.37. The Morgan fingerprint density at radius 2 is 2.12 bits per heavy atom. The van der Waals surface area contributed by atoms with Crippen molar-refractivity contribution in [3.63, 3.8) is 0 Å². The number of amides is 1. The number of methoxy groups -OCH3 is 1. The highest BCUT2D eigenvalue weighted by Gasteiger charge is 2.27. The molecule has 1 amide bonds. The molecule has 0 aromatic rings. The summed E-state index contributed by atoms with van der Waals surface area (Å²) in [6, 6.07) is -0.338. The highest BCUT2D eigenvalue weighted by molar-refractivity contribution is 5.76. The van der Waals surface area contributed by atoms with Crippen LogP contribution >= 0.6 is 0 Å². The lowest BCUT2D eigenvalue weighted by Gasteiger charge is -2.15. The van der Waals surface area contributed by atoms with Gasteiger partial charge in [-0.05, 0) is 0 Å². The topological polar surface area (TPSA) is 73.6 Å². The van der Waals surface area contributed by atoms with E-state index in [1.807, 2.05) is 0 Å². The summed E-state index contributed by atoms with van der Waals surface area (Å²) in [7, 11) is 1.46. The third-order valence-corrected chi connectivity index (χ3v) is 1.76. The lowest BCUT2D eigenvalue weighted by atomic mass is 10.3. The Kier molecular flexibility index (Phi) is 7.85. The summed E-state index contributed by atoms with van der Waals surface area (Å²) in [5.41, 5.74) is 5.34. The Morgan fingerprint density at radius 1 is 1.47 bits per heavy atom. The van der Waals surface area contributed by atoms with Crippen LogP contribution in [0.1, 0.15) is 6.42 Å². The number of halogens is 3. The van der Waals surface area contributed by atoms with Crippen molar-refractivity contribution in [1.29, 1.82) is 0 Å². The average Bonchev–Trinajstić information content (AvgIpc) is 2.22. The minimum Gasteiger partial charge on any atom is -0.383 e. The molecule has 0 saturated carbocycles. The van der Waals surface area contributed by atoms with Gasteiger partial charge in [-0.25, -0.2) is 0 Å². The van der Waals surface area contributed by atoms with E-state index in [0.717, 1.165) is 0 Å². The molecule has 0 aromatic heterocycles. The maximum absolute atomic E-state index is 11.7. The quantitative estimate of drug-likeness (QED) is 0.603. The SMILES string of the molecule is COCC(CN)NC(=O)CCOCC(F)(F)F. The normalized spacial score (nSPS) is 13.5. The van der Waals surface area contributed by atoms with Crippen LogP contribution in [0.25, 0.3) is 0 Å². The van der Waals surface area contributed by atoms with Gasteiger partial charge in [-0.15, -0.1) is 0 Å². The number of nitrogens with one attached hydrogen (secondary N) is 1. The molecule has 0 heterocycles. The molecule has 0 rings (SSSR count). The lowest BCUT2D eigenvalue weighted by molar-refractivity contribution is -0.174. The van der Waals surface area contributed by atoms with Crippen molar-refractivity contribution in [1.82, 2.24) is 5.32 Å². The Morgan fingerprint density at radius 3 is 2.59 bits per heavy atom. The largest absolute Gasteiger partial charge is 0.411 e. The van der Waals surface area contributed by atoms with Crippen LogP contribution in [-0.2, 0) is 14.3 Å². The van der Waals surface area contributed by atoms with Crippen molar-refractivity contribution in [2.45, 2.75) is 18.6 Å². The van der Waals surface area contributed by atoms with Crippen LogP contribution in [0.4, 0.5) is 13.2 Å². The Balaban J connectivity index is 3.65. The summed E-state index contributed by atoms with van der Waals surface area (Å²) < 4.78 is 44.1. The summed E-state index contributed by atoms with van der Waals surface area (Å²) in [5, 5.41) is 2.52. The van der Waals surface area contributed by atoms with E-state index in [4.69, 9.17) is 10.5 Å². The molecule has 0 fully saturated rings.